The second-order valence-corrected chi connectivity index (χ2v) is 6.69. The van der Waals surface area contributed by atoms with E-state index in [0.29, 0.717) is 29.3 Å². The molecule has 3 aromatic carbocycles. The number of para-hydroxylation sites is 1. The Labute approximate surface area is 171 Å². The molecule has 152 valence electrons. The molecule has 30 heavy (non-hydrogen) atoms. The maximum atomic E-state index is 12.8. The number of rotatable bonds is 6. The summed E-state index contributed by atoms with van der Waals surface area (Å²) in [6.45, 7) is 0.589. The van der Waals surface area contributed by atoms with Gasteiger partial charge in [0.15, 0.2) is 0 Å². The van der Waals surface area contributed by atoms with E-state index in [-0.39, 0.29) is 0 Å². The van der Waals surface area contributed by atoms with Gasteiger partial charge in [-0.05, 0) is 53.6 Å². The van der Waals surface area contributed by atoms with Crippen molar-refractivity contribution in [3.8, 4) is 11.4 Å². The quantitative estimate of drug-likeness (QED) is 0.467. The molecule has 0 fully saturated rings. The molecule has 0 saturated heterocycles. The van der Waals surface area contributed by atoms with E-state index in [1.807, 2.05) is 54.6 Å². The molecule has 0 atom stereocenters. The van der Waals surface area contributed by atoms with Crippen molar-refractivity contribution in [3.05, 3.63) is 90.0 Å². The van der Waals surface area contributed by atoms with Gasteiger partial charge >= 0.3 is 6.18 Å². The van der Waals surface area contributed by atoms with Gasteiger partial charge in [-0.3, -0.25) is 0 Å². The van der Waals surface area contributed by atoms with Crippen molar-refractivity contribution in [2.75, 3.05) is 5.32 Å². The lowest BCUT2D eigenvalue weighted by atomic mass is 10.1. The van der Waals surface area contributed by atoms with Gasteiger partial charge in [0, 0.05) is 16.9 Å². The Balaban J connectivity index is 1.50. The number of aryl methyl sites for hydroxylation is 2. The first-order valence-corrected chi connectivity index (χ1v) is 9.34. The lowest BCUT2D eigenvalue weighted by Gasteiger charge is -2.11. The van der Waals surface area contributed by atoms with E-state index in [0.717, 1.165) is 18.6 Å². The molecule has 1 aromatic heterocycles. The lowest BCUT2D eigenvalue weighted by Crippen LogP contribution is -2.05. The third-order valence-corrected chi connectivity index (χ3v) is 4.56. The fraction of sp³-hybridized carbons (Fsp3) is 0.136. The summed E-state index contributed by atoms with van der Waals surface area (Å²) in [5.41, 5.74) is 2.42. The highest BCUT2D eigenvalue weighted by atomic mass is 19.4. The van der Waals surface area contributed by atoms with Gasteiger partial charge in [-0.2, -0.15) is 18.0 Å². The molecule has 1 N–H and O–H groups in total. The zero-order valence-corrected chi connectivity index (χ0v) is 15.8. The number of nitrogens with one attached hydrogen (secondary N) is 1. The van der Waals surface area contributed by atoms with Crippen LogP contribution < -0.4 is 5.32 Å². The number of hydrogen-bond acceptors (Lipinski definition) is 4. The van der Waals surface area contributed by atoms with Gasteiger partial charge in [-0.25, -0.2) is 0 Å². The Morgan fingerprint density at radius 2 is 1.53 bits per heavy atom. The molecular weight excluding hydrogens is 391 g/mol. The first-order valence-electron chi connectivity index (χ1n) is 9.34. The highest BCUT2D eigenvalue weighted by Crippen LogP contribution is 2.32. The van der Waals surface area contributed by atoms with Crippen molar-refractivity contribution in [1.82, 2.24) is 20.2 Å². The van der Waals surface area contributed by atoms with Crippen molar-refractivity contribution in [2.45, 2.75) is 19.1 Å². The highest BCUT2D eigenvalue weighted by Gasteiger charge is 2.29. The summed E-state index contributed by atoms with van der Waals surface area (Å²) in [7, 11) is 0. The van der Waals surface area contributed by atoms with E-state index in [9.17, 15) is 13.2 Å². The Kier molecular flexibility index (Phi) is 5.47. The third kappa shape index (κ3) is 4.65. The number of tetrazole rings is 1. The smallest absolute Gasteiger partial charge is 0.355 e. The van der Waals surface area contributed by atoms with Gasteiger partial charge < -0.3 is 5.32 Å². The minimum absolute atomic E-state index is 0.443. The number of nitrogens with zero attached hydrogens (tertiary/aromatic N) is 4. The van der Waals surface area contributed by atoms with Crippen LogP contribution in [0.4, 0.5) is 24.5 Å². The predicted octanol–water partition coefficient (Wildman–Crippen LogP) is 5.35. The van der Waals surface area contributed by atoms with Crippen LogP contribution in [0.3, 0.4) is 0 Å². The third-order valence-electron chi connectivity index (χ3n) is 4.56. The summed E-state index contributed by atoms with van der Waals surface area (Å²) in [5.74, 6) is 0.443. The maximum absolute atomic E-state index is 12.8. The van der Waals surface area contributed by atoms with E-state index in [1.165, 1.54) is 22.5 Å². The standard InChI is InChI=1S/C22H18F3N5/c23-22(24,25)17-10-12-18(13-11-17)26-20-9-5-4-8-19(20)21-27-29-30(28-21)15-14-16-6-2-1-3-7-16/h1-13,26H,14-15H2. The second kappa shape index (κ2) is 8.36. The molecule has 0 amide bonds. The number of alkyl halides is 3. The summed E-state index contributed by atoms with van der Waals surface area (Å²) < 4.78 is 38.3. The Bertz CT molecular complexity index is 1110. The summed E-state index contributed by atoms with van der Waals surface area (Å²) in [6.07, 6.45) is -3.58. The van der Waals surface area contributed by atoms with E-state index >= 15 is 0 Å². The largest absolute Gasteiger partial charge is 0.416 e. The second-order valence-electron chi connectivity index (χ2n) is 6.69. The molecule has 0 bridgehead atoms. The van der Waals surface area contributed by atoms with Crippen LogP contribution >= 0.6 is 0 Å². The molecule has 0 aliphatic heterocycles. The number of halogens is 3. The summed E-state index contributed by atoms with van der Waals surface area (Å²) in [5, 5.41) is 15.8. The van der Waals surface area contributed by atoms with Crippen LogP contribution in [0.2, 0.25) is 0 Å². The van der Waals surface area contributed by atoms with E-state index in [2.05, 4.69) is 20.7 Å². The molecule has 1 heterocycles. The molecule has 4 aromatic rings. The van der Waals surface area contributed by atoms with Crippen molar-refractivity contribution in [2.24, 2.45) is 0 Å². The summed E-state index contributed by atoms with van der Waals surface area (Å²) >= 11 is 0. The summed E-state index contributed by atoms with van der Waals surface area (Å²) in [6, 6.07) is 22.2. The maximum Gasteiger partial charge on any atom is 0.416 e. The average molecular weight is 409 g/mol. The van der Waals surface area contributed by atoms with Crippen molar-refractivity contribution in [1.29, 1.82) is 0 Å². The minimum atomic E-state index is -4.36. The van der Waals surface area contributed by atoms with E-state index < -0.39 is 11.7 Å². The molecule has 4 rings (SSSR count). The predicted molar refractivity (Wildman–Crippen MR) is 108 cm³/mol. The zero-order valence-electron chi connectivity index (χ0n) is 15.8. The van der Waals surface area contributed by atoms with Gasteiger partial charge in [-0.1, -0.05) is 42.5 Å². The van der Waals surface area contributed by atoms with E-state index in [4.69, 9.17) is 0 Å². The number of aromatic nitrogens is 4. The summed E-state index contributed by atoms with van der Waals surface area (Å²) in [4.78, 5) is 1.54. The molecule has 0 radical (unpaired) electrons. The first kappa shape index (κ1) is 19.6. The Morgan fingerprint density at radius 3 is 2.27 bits per heavy atom. The first-order chi connectivity index (χ1) is 14.5. The fourth-order valence-electron chi connectivity index (χ4n) is 3.00. The molecule has 8 heteroatoms. The SMILES string of the molecule is FC(F)(F)c1ccc(Nc2ccccc2-c2nnn(CCc3ccccc3)n2)cc1. The fourth-order valence-corrected chi connectivity index (χ4v) is 3.00. The number of hydrogen-bond donors (Lipinski definition) is 1. The van der Waals surface area contributed by atoms with Crippen LogP contribution in [0.5, 0.6) is 0 Å². The average Bonchev–Trinajstić information content (AvgIpc) is 3.22. The lowest BCUT2D eigenvalue weighted by molar-refractivity contribution is -0.137. The Morgan fingerprint density at radius 1 is 0.833 bits per heavy atom. The molecule has 0 spiro atoms. The number of benzene rings is 3. The normalized spacial score (nSPS) is 11.4. The van der Waals surface area contributed by atoms with Gasteiger partial charge in [0.05, 0.1) is 12.1 Å². The van der Waals surface area contributed by atoms with Crippen molar-refractivity contribution >= 4 is 11.4 Å². The molecule has 5 nitrogen and oxygen atoms in total. The van der Waals surface area contributed by atoms with Crippen LogP contribution in [0.25, 0.3) is 11.4 Å². The van der Waals surface area contributed by atoms with Crippen LogP contribution in [-0.2, 0) is 19.1 Å². The molecule has 0 unspecified atom stereocenters. The van der Waals surface area contributed by atoms with Crippen LogP contribution in [0.15, 0.2) is 78.9 Å². The van der Waals surface area contributed by atoms with Crippen LogP contribution in [0, 0.1) is 0 Å². The number of anilines is 2. The van der Waals surface area contributed by atoms with Gasteiger partial charge in [0.1, 0.15) is 0 Å². The molecule has 0 saturated carbocycles. The molecule has 0 aliphatic carbocycles. The molecular formula is C22H18F3N5. The van der Waals surface area contributed by atoms with Crippen molar-refractivity contribution < 1.29 is 13.2 Å². The van der Waals surface area contributed by atoms with Gasteiger partial charge in [0.25, 0.3) is 0 Å². The Hall–Kier alpha value is -3.68. The van der Waals surface area contributed by atoms with Gasteiger partial charge in [0.2, 0.25) is 5.82 Å². The minimum Gasteiger partial charge on any atom is -0.355 e. The van der Waals surface area contributed by atoms with Crippen LogP contribution in [0.1, 0.15) is 11.1 Å². The molecule has 0 aliphatic rings. The zero-order chi connectivity index (χ0) is 21.0. The monoisotopic (exact) mass is 409 g/mol. The van der Waals surface area contributed by atoms with Crippen LogP contribution in [-0.4, -0.2) is 20.2 Å². The van der Waals surface area contributed by atoms with Crippen molar-refractivity contribution in [3.63, 3.8) is 0 Å². The topological polar surface area (TPSA) is 55.6 Å². The van der Waals surface area contributed by atoms with E-state index in [1.54, 1.807) is 0 Å². The van der Waals surface area contributed by atoms with Gasteiger partial charge in [-0.15, -0.1) is 10.2 Å². The highest BCUT2D eigenvalue weighted by molar-refractivity contribution is 5.77.